The maximum absolute atomic E-state index is 5.96. The van der Waals surface area contributed by atoms with Crippen LogP contribution in [0.2, 0.25) is 5.28 Å². The van der Waals surface area contributed by atoms with E-state index in [0.29, 0.717) is 11.8 Å². The van der Waals surface area contributed by atoms with Gasteiger partial charge in [0.05, 0.1) is 12.0 Å². The van der Waals surface area contributed by atoms with Gasteiger partial charge in [-0.25, -0.2) is 0 Å². The van der Waals surface area contributed by atoms with Crippen LogP contribution < -0.4 is 4.74 Å². The quantitative estimate of drug-likeness (QED) is 0.457. The number of hydrogen-bond donors (Lipinski definition) is 0. The fraction of sp³-hybridized carbons (Fsp3) is 0.400. The van der Waals surface area contributed by atoms with E-state index in [9.17, 15) is 0 Å². The topological polar surface area (TPSA) is 39.9 Å². The first-order valence-corrected chi connectivity index (χ1v) is 10.1. The summed E-state index contributed by atoms with van der Waals surface area (Å²) in [6, 6.07) is 0. The molecule has 1 saturated carbocycles. The summed E-state index contributed by atoms with van der Waals surface area (Å²) in [4.78, 5) is 8.49. The minimum atomic E-state index is 0.231. The lowest BCUT2D eigenvalue weighted by Gasteiger charge is -2.06. The third kappa shape index (κ3) is 2.68. The highest BCUT2D eigenvalue weighted by Crippen LogP contribution is 2.35. The van der Waals surface area contributed by atoms with Gasteiger partial charge >= 0.3 is 0 Å². The van der Waals surface area contributed by atoms with E-state index < -0.39 is 0 Å². The van der Waals surface area contributed by atoms with Crippen molar-refractivity contribution in [2.45, 2.75) is 12.8 Å². The van der Waals surface area contributed by atoms with E-state index in [1.165, 1.54) is 12.8 Å². The molecule has 0 aliphatic heterocycles. The van der Waals surface area contributed by atoms with Crippen molar-refractivity contribution >= 4 is 75.5 Å². The smallest absolute Gasteiger partial charge is 0.228 e. The van der Waals surface area contributed by atoms with Crippen molar-refractivity contribution in [2.75, 3.05) is 6.61 Å². The van der Waals surface area contributed by atoms with Crippen molar-refractivity contribution in [3.63, 3.8) is 0 Å². The average Bonchev–Trinajstić information content (AvgIpc) is 3.11. The zero-order chi connectivity index (χ0) is 12.7. The molecule has 3 rings (SSSR count). The molecule has 4 nitrogen and oxygen atoms in total. The van der Waals surface area contributed by atoms with E-state index in [1.54, 1.807) is 9.12 Å². The van der Waals surface area contributed by atoms with E-state index in [0.717, 1.165) is 21.2 Å². The zero-order valence-electron chi connectivity index (χ0n) is 9.07. The maximum Gasteiger partial charge on any atom is 0.228 e. The molecule has 0 saturated heterocycles. The summed E-state index contributed by atoms with van der Waals surface area (Å²) in [5.41, 5.74) is 0.810. The Hall–Kier alpha value is 0.520. The minimum absolute atomic E-state index is 0.231. The van der Waals surface area contributed by atoms with Gasteiger partial charge in [0.15, 0.2) is 5.65 Å². The van der Waals surface area contributed by atoms with Gasteiger partial charge in [-0.2, -0.15) is 9.97 Å². The molecule has 0 spiro atoms. The van der Waals surface area contributed by atoms with Gasteiger partial charge in [0.2, 0.25) is 11.2 Å². The van der Waals surface area contributed by atoms with Gasteiger partial charge in [0.25, 0.3) is 0 Å². The predicted molar refractivity (Wildman–Crippen MR) is 90.5 cm³/mol. The Balaban J connectivity index is 2.07. The lowest BCUT2D eigenvalue weighted by molar-refractivity contribution is 0.292. The Morgan fingerprint density at radius 3 is 2.94 bits per heavy atom. The van der Waals surface area contributed by atoms with Crippen LogP contribution in [-0.4, -0.2) is 20.5 Å². The van der Waals surface area contributed by atoms with E-state index >= 15 is 0 Å². The fourth-order valence-electron chi connectivity index (χ4n) is 1.64. The number of nitrogens with zero attached hydrogens (tertiary/aromatic N) is 3. The molecular weight excluding hydrogens is 499 g/mol. The third-order valence-electron chi connectivity index (χ3n) is 2.73. The fourth-order valence-corrected chi connectivity index (χ4v) is 3.98. The molecule has 0 bridgehead atoms. The summed E-state index contributed by atoms with van der Waals surface area (Å²) in [5, 5.41) is 1.18. The average molecular weight is 508 g/mol. The summed E-state index contributed by atoms with van der Waals surface area (Å²) in [6.45, 7) is 0.723. The normalized spacial score (nSPS) is 15.3. The predicted octanol–water partition coefficient (Wildman–Crippen LogP) is 4.32. The number of hydrogen-bond acceptors (Lipinski definition) is 4. The van der Waals surface area contributed by atoms with E-state index in [1.807, 2.05) is 10.2 Å². The standard InChI is InChI=1S/C10H8ClI2N3OS/c11-10-14-8-7(6(12)3-16(8)18-13)9(15-10)17-4-5-1-2-5/h3,5H,1-2,4H2. The lowest BCUT2D eigenvalue weighted by Crippen LogP contribution is -2.02. The number of halogens is 3. The molecule has 1 fully saturated rings. The zero-order valence-corrected chi connectivity index (χ0v) is 15.0. The first-order valence-electron chi connectivity index (χ1n) is 5.35. The lowest BCUT2D eigenvalue weighted by atomic mass is 10.4. The Kier molecular flexibility index (Phi) is 4.12. The molecule has 1 aliphatic carbocycles. The van der Waals surface area contributed by atoms with Crippen LogP contribution >= 0.6 is 64.5 Å². The van der Waals surface area contributed by atoms with Gasteiger partial charge in [0, 0.05) is 40.1 Å². The molecule has 0 N–H and O–H groups in total. The molecule has 96 valence electrons. The van der Waals surface area contributed by atoms with Gasteiger partial charge in [-0.05, 0) is 53.0 Å². The largest absolute Gasteiger partial charge is 0.477 e. The summed E-state index contributed by atoms with van der Waals surface area (Å²) >= 11 is 10.4. The molecule has 2 aromatic rings. The molecule has 0 amide bonds. The molecular formula is C10H8ClI2N3OS. The summed E-state index contributed by atoms with van der Waals surface area (Å²) in [5.74, 6) is 1.29. The van der Waals surface area contributed by atoms with Gasteiger partial charge in [-0.3, -0.25) is 3.97 Å². The van der Waals surface area contributed by atoms with Crippen LogP contribution in [0, 0.1) is 9.49 Å². The molecule has 0 aromatic carbocycles. The third-order valence-corrected chi connectivity index (χ3v) is 5.42. The molecule has 0 unspecified atom stereocenters. The van der Waals surface area contributed by atoms with Gasteiger partial charge < -0.3 is 4.74 Å². The second-order valence-electron chi connectivity index (χ2n) is 4.12. The van der Waals surface area contributed by atoms with Crippen molar-refractivity contribution in [1.29, 1.82) is 0 Å². The Morgan fingerprint density at radius 1 is 1.50 bits per heavy atom. The van der Waals surface area contributed by atoms with Crippen LogP contribution in [0.3, 0.4) is 0 Å². The van der Waals surface area contributed by atoms with Crippen LogP contribution in [0.1, 0.15) is 12.8 Å². The first kappa shape index (κ1) is 13.5. The van der Waals surface area contributed by atoms with Gasteiger partial charge in [-0.1, -0.05) is 0 Å². The van der Waals surface area contributed by atoms with Crippen LogP contribution in [0.25, 0.3) is 11.0 Å². The number of fused-ring (bicyclic) bond motifs is 1. The Morgan fingerprint density at radius 2 is 2.28 bits per heavy atom. The SMILES string of the molecule is Clc1nc(OCC2CC2)c2c(I)cn(SI)c2n1. The summed E-state index contributed by atoms with van der Waals surface area (Å²) in [7, 11) is 1.55. The minimum Gasteiger partial charge on any atom is -0.477 e. The Labute approximate surface area is 139 Å². The van der Waals surface area contributed by atoms with E-state index in [-0.39, 0.29) is 5.28 Å². The number of aromatic nitrogens is 3. The van der Waals surface area contributed by atoms with E-state index in [4.69, 9.17) is 16.3 Å². The van der Waals surface area contributed by atoms with Crippen molar-refractivity contribution in [3.05, 3.63) is 15.1 Å². The molecule has 18 heavy (non-hydrogen) atoms. The first-order chi connectivity index (χ1) is 8.69. The van der Waals surface area contributed by atoms with Crippen LogP contribution in [0.5, 0.6) is 5.88 Å². The molecule has 8 heteroatoms. The number of rotatable bonds is 4. The monoisotopic (exact) mass is 507 g/mol. The highest BCUT2D eigenvalue weighted by molar-refractivity contribution is 14.2. The maximum atomic E-state index is 5.96. The number of ether oxygens (including phenoxy) is 1. The summed E-state index contributed by atoms with van der Waals surface area (Å²) < 4.78 is 8.84. The van der Waals surface area contributed by atoms with Crippen LogP contribution in [-0.2, 0) is 0 Å². The highest BCUT2D eigenvalue weighted by Gasteiger charge is 2.24. The second-order valence-corrected chi connectivity index (χ2v) is 7.34. The van der Waals surface area contributed by atoms with E-state index in [2.05, 4.69) is 53.8 Å². The summed E-state index contributed by atoms with van der Waals surface area (Å²) in [6.07, 6.45) is 4.52. The second kappa shape index (κ2) is 5.49. The van der Waals surface area contributed by atoms with Crippen LogP contribution in [0.4, 0.5) is 0 Å². The van der Waals surface area contributed by atoms with Gasteiger partial charge in [-0.15, -0.1) is 0 Å². The molecule has 1 aliphatic rings. The van der Waals surface area contributed by atoms with Crippen molar-refractivity contribution < 1.29 is 4.74 Å². The molecule has 2 aromatic heterocycles. The van der Waals surface area contributed by atoms with Crippen molar-refractivity contribution in [2.24, 2.45) is 5.92 Å². The van der Waals surface area contributed by atoms with Crippen LogP contribution in [0.15, 0.2) is 6.20 Å². The molecule has 0 radical (unpaired) electrons. The van der Waals surface area contributed by atoms with Crippen molar-refractivity contribution in [1.82, 2.24) is 13.9 Å². The molecule has 2 heterocycles. The highest BCUT2D eigenvalue weighted by atomic mass is 127. The Bertz CT molecular complexity index is 602. The van der Waals surface area contributed by atoms with Crippen molar-refractivity contribution in [3.8, 4) is 5.88 Å². The van der Waals surface area contributed by atoms with Gasteiger partial charge in [0.1, 0.15) is 0 Å². The molecule has 0 atom stereocenters.